The van der Waals surface area contributed by atoms with Crippen molar-refractivity contribution in [3.05, 3.63) is 41.4 Å². The van der Waals surface area contributed by atoms with E-state index in [-0.39, 0.29) is 6.42 Å². The quantitative estimate of drug-likeness (QED) is 0.602. The Morgan fingerprint density at radius 3 is 2.21 bits per heavy atom. The molecule has 0 aliphatic carbocycles. The van der Waals surface area contributed by atoms with Crippen LogP contribution >= 0.6 is 11.3 Å². The molecule has 6 heteroatoms. The Labute approximate surface area is 114 Å². The van der Waals surface area contributed by atoms with Gasteiger partial charge >= 0.3 is 0 Å². The second-order valence-corrected chi connectivity index (χ2v) is 5.06. The maximum atomic E-state index is 9.08. The number of nitrogens with zero attached hydrogens (tertiary/aromatic N) is 1. The summed E-state index contributed by atoms with van der Waals surface area (Å²) in [6.07, 6.45) is -3.48. The molecule has 2 aromatic rings. The third kappa shape index (κ3) is 3.59. The number of hydrogen-bond acceptors (Lipinski definition) is 6. The van der Waals surface area contributed by atoms with E-state index in [1.54, 1.807) is 5.38 Å². The van der Waals surface area contributed by atoms with Gasteiger partial charge in [0, 0.05) is 17.4 Å². The predicted octanol–water partition coefficient (Wildman–Crippen LogP) is 0.590. The van der Waals surface area contributed by atoms with Crippen LogP contribution in [0.3, 0.4) is 0 Å². The van der Waals surface area contributed by atoms with E-state index < -0.39 is 18.5 Å². The fourth-order valence-corrected chi connectivity index (χ4v) is 2.56. The van der Waals surface area contributed by atoms with Crippen LogP contribution in [0.2, 0.25) is 0 Å². The Bertz CT molecular complexity index is 504. The first-order chi connectivity index (χ1) is 9.08. The molecule has 0 radical (unpaired) electrons. The van der Waals surface area contributed by atoms with E-state index in [4.69, 9.17) is 20.4 Å². The molecule has 4 N–H and O–H groups in total. The number of hydrogen-bond donors (Lipinski definition) is 4. The minimum absolute atomic E-state index is 0.0959. The Hall–Kier alpha value is -1.31. The largest absolute Gasteiger partial charge is 0.368 e. The van der Waals surface area contributed by atoms with Gasteiger partial charge in [0.25, 0.3) is 0 Å². The molecule has 0 bridgehead atoms. The zero-order valence-corrected chi connectivity index (χ0v) is 10.9. The molecule has 1 aromatic carbocycles. The van der Waals surface area contributed by atoms with Crippen LogP contribution in [0.5, 0.6) is 0 Å². The van der Waals surface area contributed by atoms with Crippen molar-refractivity contribution in [3.63, 3.8) is 0 Å². The van der Waals surface area contributed by atoms with E-state index in [0.29, 0.717) is 5.69 Å². The van der Waals surface area contributed by atoms with Gasteiger partial charge in [-0.1, -0.05) is 30.3 Å². The molecule has 0 fully saturated rings. The van der Waals surface area contributed by atoms with Crippen molar-refractivity contribution < 1.29 is 20.4 Å². The minimum atomic E-state index is -1.79. The van der Waals surface area contributed by atoms with Crippen molar-refractivity contribution >= 4 is 11.3 Å². The molecule has 0 unspecified atom stereocenters. The van der Waals surface area contributed by atoms with Crippen LogP contribution in [-0.4, -0.2) is 38.0 Å². The maximum absolute atomic E-state index is 9.08. The van der Waals surface area contributed by atoms with Gasteiger partial charge in [0.1, 0.15) is 5.01 Å². The molecule has 0 spiro atoms. The summed E-state index contributed by atoms with van der Waals surface area (Å²) >= 11 is 1.43. The Morgan fingerprint density at radius 1 is 1.00 bits per heavy atom. The lowest BCUT2D eigenvalue weighted by atomic mass is 10.0. The SMILES string of the molecule is OC(O)C(Cc1csc(-c2ccccc2)n1)C(O)O. The lowest BCUT2D eigenvalue weighted by Crippen LogP contribution is -2.33. The highest BCUT2D eigenvalue weighted by Crippen LogP contribution is 2.25. The van der Waals surface area contributed by atoms with Crippen LogP contribution < -0.4 is 0 Å². The fourth-order valence-electron chi connectivity index (χ4n) is 1.72. The summed E-state index contributed by atoms with van der Waals surface area (Å²) in [6, 6.07) is 9.60. The molecule has 102 valence electrons. The first-order valence-corrected chi connectivity index (χ1v) is 6.68. The van der Waals surface area contributed by atoms with Gasteiger partial charge in [-0.25, -0.2) is 4.98 Å². The molecule has 0 aliphatic heterocycles. The molecule has 0 saturated heterocycles. The molecule has 1 heterocycles. The van der Waals surface area contributed by atoms with Crippen molar-refractivity contribution in [2.24, 2.45) is 5.92 Å². The van der Waals surface area contributed by atoms with Crippen LogP contribution in [-0.2, 0) is 6.42 Å². The second kappa shape index (κ2) is 6.23. The summed E-state index contributed by atoms with van der Waals surface area (Å²) in [5.41, 5.74) is 1.58. The average molecular weight is 281 g/mol. The number of benzene rings is 1. The summed E-state index contributed by atoms with van der Waals surface area (Å²) < 4.78 is 0. The summed E-state index contributed by atoms with van der Waals surface area (Å²) in [7, 11) is 0. The van der Waals surface area contributed by atoms with Gasteiger partial charge in [-0.15, -0.1) is 11.3 Å². The smallest absolute Gasteiger partial charge is 0.159 e. The van der Waals surface area contributed by atoms with Gasteiger partial charge in [-0.2, -0.15) is 0 Å². The predicted molar refractivity (Wildman–Crippen MR) is 71.2 cm³/mol. The molecule has 5 nitrogen and oxygen atoms in total. The highest BCUT2D eigenvalue weighted by molar-refractivity contribution is 7.13. The molecule has 0 aliphatic rings. The van der Waals surface area contributed by atoms with Crippen LogP contribution in [0.15, 0.2) is 35.7 Å². The van der Waals surface area contributed by atoms with Gasteiger partial charge in [0.15, 0.2) is 12.6 Å². The van der Waals surface area contributed by atoms with Crippen molar-refractivity contribution in [3.8, 4) is 10.6 Å². The van der Waals surface area contributed by atoms with E-state index in [2.05, 4.69) is 4.98 Å². The Morgan fingerprint density at radius 2 is 1.63 bits per heavy atom. The highest BCUT2D eigenvalue weighted by Gasteiger charge is 2.25. The Balaban J connectivity index is 2.13. The third-order valence-corrected chi connectivity index (χ3v) is 3.72. The molecular weight excluding hydrogens is 266 g/mol. The first kappa shape index (κ1) is 14.1. The second-order valence-electron chi connectivity index (χ2n) is 4.21. The first-order valence-electron chi connectivity index (χ1n) is 5.80. The van der Waals surface area contributed by atoms with Gasteiger partial charge in [-0.05, 0) is 0 Å². The van der Waals surface area contributed by atoms with Gasteiger partial charge in [-0.3, -0.25) is 0 Å². The van der Waals surface area contributed by atoms with Gasteiger partial charge in [0.05, 0.1) is 11.6 Å². The topological polar surface area (TPSA) is 93.8 Å². The van der Waals surface area contributed by atoms with Crippen LogP contribution in [0, 0.1) is 5.92 Å². The highest BCUT2D eigenvalue weighted by atomic mass is 32.1. The summed E-state index contributed by atoms with van der Waals surface area (Å²) in [4.78, 5) is 4.36. The Kier molecular flexibility index (Phi) is 4.62. The minimum Gasteiger partial charge on any atom is -0.368 e. The van der Waals surface area contributed by atoms with Crippen molar-refractivity contribution in [2.45, 2.75) is 19.0 Å². The summed E-state index contributed by atoms with van der Waals surface area (Å²) in [5, 5.41) is 38.9. The molecule has 0 atom stereocenters. The van der Waals surface area contributed by atoms with Crippen LogP contribution in [0.1, 0.15) is 5.69 Å². The number of rotatable bonds is 5. The summed E-state index contributed by atoms with van der Waals surface area (Å²) in [5.74, 6) is -1.06. The zero-order valence-electron chi connectivity index (χ0n) is 10.0. The number of thiazole rings is 1. The fraction of sp³-hybridized carbons (Fsp3) is 0.308. The van der Waals surface area contributed by atoms with Crippen LogP contribution in [0.4, 0.5) is 0 Å². The monoisotopic (exact) mass is 281 g/mol. The molecular formula is C13H15NO4S. The molecule has 19 heavy (non-hydrogen) atoms. The maximum Gasteiger partial charge on any atom is 0.159 e. The summed E-state index contributed by atoms with van der Waals surface area (Å²) in [6.45, 7) is 0. The number of aliphatic hydroxyl groups excluding tert-OH is 2. The third-order valence-electron chi connectivity index (χ3n) is 2.78. The lowest BCUT2D eigenvalue weighted by Gasteiger charge is -2.19. The van der Waals surface area contributed by atoms with E-state index in [1.807, 2.05) is 30.3 Å². The molecule has 2 rings (SSSR count). The normalized spacial score (nSPS) is 11.7. The number of aromatic nitrogens is 1. The molecule has 1 aromatic heterocycles. The van der Waals surface area contributed by atoms with E-state index >= 15 is 0 Å². The van der Waals surface area contributed by atoms with E-state index in [1.165, 1.54) is 11.3 Å². The van der Waals surface area contributed by atoms with Gasteiger partial charge in [0.2, 0.25) is 0 Å². The van der Waals surface area contributed by atoms with E-state index in [0.717, 1.165) is 10.6 Å². The van der Waals surface area contributed by atoms with Gasteiger partial charge < -0.3 is 20.4 Å². The lowest BCUT2D eigenvalue weighted by molar-refractivity contribution is -0.177. The van der Waals surface area contributed by atoms with Crippen LogP contribution in [0.25, 0.3) is 10.6 Å². The number of aliphatic hydroxyl groups is 4. The van der Waals surface area contributed by atoms with Crippen molar-refractivity contribution in [1.82, 2.24) is 4.98 Å². The average Bonchev–Trinajstić information content (AvgIpc) is 2.85. The standard InChI is InChI=1S/C13H15NO4S/c15-12(16)10(13(17)18)6-9-7-19-11(14-9)8-4-2-1-3-5-8/h1-5,7,10,12-13,15-18H,6H2. The van der Waals surface area contributed by atoms with E-state index in [9.17, 15) is 0 Å². The van der Waals surface area contributed by atoms with Crippen molar-refractivity contribution in [1.29, 1.82) is 0 Å². The molecule has 0 saturated carbocycles. The molecule has 0 amide bonds. The van der Waals surface area contributed by atoms with Crippen molar-refractivity contribution in [2.75, 3.05) is 0 Å². The zero-order chi connectivity index (χ0) is 13.8.